The number of carbonyl (C=O) groups excluding carboxylic acids is 1. The van der Waals surface area contributed by atoms with Gasteiger partial charge in [-0.15, -0.1) is 0 Å². The van der Waals surface area contributed by atoms with Crippen LogP contribution in [0.1, 0.15) is 62.0 Å². The molecule has 0 fully saturated rings. The van der Waals surface area contributed by atoms with Crippen LogP contribution in [-0.4, -0.2) is 25.6 Å². The summed E-state index contributed by atoms with van der Waals surface area (Å²) in [5, 5.41) is 9.70. The summed E-state index contributed by atoms with van der Waals surface area (Å²) in [6, 6.07) is 19.4. The molecule has 3 rings (SSSR count). The third-order valence-electron chi connectivity index (χ3n) is 5.94. The van der Waals surface area contributed by atoms with Crippen molar-refractivity contribution in [1.82, 2.24) is 4.57 Å². The van der Waals surface area contributed by atoms with Crippen LogP contribution in [0.2, 0.25) is 0 Å². The molecule has 0 spiro atoms. The van der Waals surface area contributed by atoms with E-state index >= 15 is 0 Å². The first-order chi connectivity index (χ1) is 16.6. The Labute approximate surface area is 207 Å². The lowest BCUT2D eigenvalue weighted by molar-refractivity contribution is -0.144. The maximum atomic E-state index is 13.0. The van der Waals surface area contributed by atoms with Crippen molar-refractivity contribution in [2.24, 2.45) is 0 Å². The second-order valence-electron chi connectivity index (χ2n) is 8.60. The molecule has 0 saturated heterocycles. The molecule has 6 nitrogen and oxygen atoms in total. The molecule has 1 atom stereocenters. The number of nitrogens with zero attached hydrogens (tertiary/aromatic N) is 2. The van der Waals surface area contributed by atoms with E-state index in [1.807, 2.05) is 50.2 Å². The standard InChI is InChI=1S/C28H30N2O4S/c1-6-34-28(31)20(4)22-12-14-24(15-13-22)30-21(5)23(17-27(30)19(2)3)16-26(18-29)35(32,33)25-10-8-7-9-11-25/h7-17,19-20H,6H2,1-5H3/b26-16+. The van der Waals surface area contributed by atoms with Gasteiger partial charge in [0, 0.05) is 17.1 Å². The first kappa shape index (κ1) is 26.0. The van der Waals surface area contributed by atoms with Gasteiger partial charge in [-0.3, -0.25) is 4.79 Å². The predicted octanol–water partition coefficient (Wildman–Crippen LogP) is 5.91. The number of carbonyl (C=O) groups is 1. The van der Waals surface area contributed by atoms with E-state index < -0.39 is 9.84 Å². The molecule has 7 heteroatoms. The van der Waals surface area contributed by atoms with Gasteiger partial charge in [-0.1, -0.05) is 44.2 Å². The van der Waals surface area contributed by atoms with Crippen LogP contribution >= 0.6 is 0 Å². The molecule has 35 heavy (non-hydrogen) atoms. The quantitative estimate of drug-likeness (QED) is 0.289. The molecule has 1 aromatic heterocycles. The van der Waals surface area contributed by atoms with Gasteiger partial charge < -0.3 is 9.30 Å². The lowest BCUT2D eigenvalue weighted by Gasteiger charge is -2.16. The number of sulfone groups is 1. The van der Waals surface area contributed by atoms with Crippen LogP contribution in [0.15, 0.2) is 70.5 Å². The van der Waals surface area contributed by atoms with E-state index in [0.29, 0.717) is 12.2 Å². The van der Waals surface area contributed by atoms with Crippen molar-refractivity contribution in [1.29, 1.82) is 5.26 Å². The number of ether oxygens (including phenoxy) is 1. The summed E-state index contributed by atoms with van der Waals surface area (Å²) in [6.07, 6.45) is 1.44. The fourth-order valence-electron chi connectivity index (χ4n) is 3.92. The molecule has 182 valence electrons. The minimum absolute atomic E-state index is 0.0836. The van der Waals surface area contributed by atoms with Crippen LogP contribution in [0.5, 0.6) is 0 Å². The van der Waals surface area contributed by atoms with Gasteiger partial charge in [0.2, 0.25) is 9.84 Å². The zero-order valence-electron chi connectivity index (χ0n) is 20.6. The van der Waals surface area contributed by atoms with Gasteiger partial charge in [0.15, 0.2) is 0 Å². The van der Waals surface area contributed by atoms with Gasteiger partial charge in [-0.2, -0.15) is 5.26 Å². The van der Waals surface area contributed by atoms with E-state index in [9.17, 15) is 18.5 Å². The van der Waals surface area contributed by atoms with Crippen LogP contribution in [0, 0.1) is 18.3 Å². The maximum Gasteiger partial charge on any atom is 0.313 e. The number of allylic oxidation sites excluding steroid dienone is 1. The monoisotopic (exact) mass is 490 g/mol. The van der Waals surface area contributed by atoms with E-state index in [2.05, 4.69) is 18.4 Å². The summed E-state index contributed by atoms with van der Waals surface area (Å²) < 4.78 is 33.3. The van der Waals surface area contributed by atoms with Crippen molar-refractivity contribution in [3.05, 3.63) is 88.1 Å². The van der Waals surface area contributed by atoms with E-state index in [4.69, 9.17) is 4.74 Å². The largest absolute Gasteiger partial charge is 0.466 e. The summed E-state index contributed by atoms with van der Waals surface area (Å²) in [7, 11) is -3.94. The molecular weight excluding hydrogens is 460 g/mol. The highest BCUT2D eigenvalue weighted by Crippen LogP contribution is 2.30. The van der Waals surface area contributed by atoms with E-state index in [1.54, 1.807) is 25.1 Å². The van der Waals surface area contributed by atoms with Crippen LogP contribution in [0.4, 0.5) is 0 Å². The Morgan fingerprint density at radius 2 is 1.71 bits per heavy atom. The first-order valence-electron chi connectivity index (χ1n) is 11.5. The number of nitriles is 1. The molecule has 0 amide bonds. The second kappa shape index (κ2) is 10.7. The van der Waals surface area contributed by atoms with Crippen molar-refractivity contribution in [3.8, 4) is 11.8 Å². The minimum atomic E-state index is -3.94. The Kier molecular flexibility index (Phi) is 7.98. The van der Waals surface area contributed by atoms with Crippen LogP contribution in [0.25, 0.3) is 11.8 Å². The molecule has 0 radical (unpaired) electrons. The summed E-state index contributed by atoms with van der Waals surface area (Å²) in [5.41, 5.74) is 4.19. The van der Waals surface area contributed by atoms with E-state index in [0.717, 1.165) is 22.6 Å². The zero-order valence-corrected chi connectivity index (χ0v) is 21.5. The third kappa shape index (κ3) is 5.39. The van der Waals surface area contributed by atoms with Gasteiger partial charge in [-0.25, -0.2) is 8.42 Å². The fourth-order valence-corrected chi connectivity index (χ4v) is 5.09. The minimum Gasteiger partial charge on any atom is -0.466 e. The lowest BCUT2D eigenvalue weighted by Crippen LogP contribution is -2.13. The maximum absolute atomic E-state index is 13.0. The van der Waals surface area contributed by atoms with Crippen LogP contribution < -0.4 is 0 Å². The average molecular weight is 491 g/mol. The molecule has 0 bridgehead atoms. The molecule has 1 heterocycles. The average Bonchev–Trinajstić information content (AvgIpc) is 3.18. The summed E-state index contributed by atoms with van der Waals surface area (Å²) in [6.45, 7) is 9.95. The predicted molar refractivity (Wildman–Crippen MR) is 137 cm³/mol. The van der Waals surface area contributed by atoms with Gasteiger partial charge in [0.25, 0.3) is 0 Å². The molecule has 0 aliphatic carbocycles. The Morgan fingerprint density at radius 3 is 2.26 bits per heavy atom. The van der Waals surface area contributed by atoms with Crippen molar-refractivity contribution >= 4 is 21.9 Å². The molecule has 0 saturated carbocycles. The number of rotatable bonds is 8. The number of esters is 1. The Balaban J connectivity index is 2.07. The fraction of sp³-hybridized carbons (Fsp3) is 0.286. The Bertz CT molecular complexity index is 1380. The third-order valence-corrected chi connectivity index (χ3v) is 7.62. The summed E-state index contributed by atoms with van der Waals surface area (Å²) in [5.74, 6) is -0.499. The molecule has 1 unspecified atom stereocenters. The van der Waals surface area contributed by atoms with Crippen molar-refractivity contribution < 1.29 is 17.9 Å². The summed E-state index contributed by atoms with van der Waals surface area (Å²) in [4.78, 5) is 11.9. The van der Waals surface area contributed by atoms with Gasteiger partial charge in [0.05, 0.1) is 17.4 Å². The van der Waals surface area contributed by atoms with Crippen LogP contribution in [0.3, 0.4) is 0 Å². The van der Waals surface area contributed by atoms with Gasteiger partial charge in [0.1, 0.15) is 11.0 Å². The highest BCUT2D eigenvalue weighted by Gasteiger charge is 2.23. The first-order valence-corrected chi connectivity index (χ1v) is 13.0. The lowest BCUT2D eigenvalue weighted by atomic mass is 10.0. The normalized spacial score (nSPS) is 12.9. The smallest absolute Gasteiger partial charge is 0.313 e. The number of aromatic nitrogens is 1. The number of hydrogen-bond donors (Lipinski definition) is 0. The molecule has 0 aliphatic heterocycles. The van der Waals surface area contributed by atoms with Crippen molar-refractivity contribution in [3.63, 3.8) is 0 Å². The van der Waals surface area contributed by atoms with Gasteiger partial charge in [-0.05, 0) is 74.2 Å². The molecule has 0 aliphatic rings. The summed E-state index contributed by atoms with van der Waals surface area (Å²) >= 11 is 0. The molecule has 2 aromatic carbocycles. The highest BCUT2D eigenvalue weighted by molar-refractivity contribution is 7.95. The SMILES string of the molecule is CCOC(=O)C(C)c1ccc(-n2c(C(C)C)cc(/C=C(\C#N)S(=O)(=O)c3ccccc3)c2C)cc1. The Hall–Kier alpha value is -3.63. The molecule has 3 aromatic rings. The number of hydrogen-bond acceptors (Lipinski definition) is 5. The highest BCUT2D eigenvalue weighted by atomic mass is 32.2. The van der Waals surface area contributed by atoms with E-state index in [1.165, 1.54) is 18.2 Å². The molecular formula is C28H30N2O4S. The molecule has 0 N–H and O–H groups in total. The van der Waals surface area contributed by atoms with Crippen molar-refractivity contribution in [2.75, 3.05) is 6.61 Å². The van der Waals surface area contributed by atoms with Crippen LogP contribution in [-0.2, 0) is 19.4 Å². The van der Waals surface area contributed by atoms with Crippen molar-refractivity contribution in [2.45, 2.75) is 51.3 Å². The zero-order chi connectivity index (χ0) is 25.8. The topological polar surface area (TPSA) is 89.2 Å². The second-order valence-corrected chi connectivity index (χ2v) is 10.5. The number of benzene rings is 2. The van der Waals surface area contributed by atoms with Gasteiger partial charge >= 0.3 is 5.97 Å². The Morgan fingerprint density at radius 1 is 1.09 bits per heavy atom. The van der Waals surface area contributed by atoms with E-state index in [-0.39, 0.29) is 27.6 Å².